The Morgan fingerprint density at radius 3 is 2.93 bits per heavy atom. The maximum Gasteiger partial charge on any atom is 0.0619 e. The van der Waals surface area contributed by atoms with Crippen LogP contribution in [0.4, 0.5) is 0 Å². The van der Waals surface area contributed by atoms with Gasteiger partial charge in [-0.2, -0.15) is 11.8 Å². The van der Waals surface area contributed by atoms with Crippen LogP contribution in [0.5, 0.6) is 0 Å². The fraction of sp³-hybridized carbons (Fsp3) is 1.00. The lowest BCUT2D eigenvalue weighted by atomic mass is 10.1. The first kappa shape index (κ1) is 11.7. The van der Waals surface area contributed by atoms with Gasteiger partial charge in [-0.25, -0.2) is 0 Å². The van der Waals surface area contributed by atoms with E-state index in [0.717, 1.165) is 19.8 Å². The van der Waals surface area contributed by atoms with Crippen LogP contribution in [0.15, 0.2) is 0 Å². The third kappa shape index (κ3) is 4.31. The van der Waals surface area contributed by atoms with Crippen LogP contribution in [-0.4, -0.2) is 61.8 Å². The Hall–Kier alpha value is 0.230. The minimum absolute atomic E-state index is 0.609. The number of nitrogens with one attached hydrogen (secondary N) is 1. The highest BCUT2D eigenvalue weighted by molar-refractivity contribution is 7.99. The van der Waals surface area contributed by atoms with Gasteiger partial charge in [0.1, 0.15) is 0 Å². The molecule has 2 aliphatic heterocycles. The van der Waals surface area contributed by atoms with Crippen LogP contribution in [0.2, 0.25) is 0 Å². The van der Waals surface area contributed by atoms with E-state index in [4.69, 9.17) is 4.74 Å². The number of rotatable bonds is 4. The lowest BCUT2D eigenvalue weighted by Gasteiger charge is -2.28. The average molecular weight is 230 g/mol. The van der Waals surface area contributed by atoms with Crippen LogP contribution in [0.25, 0.3) is 0 Å². The summed E-state index contributed by atoms with van der Waals surface area (Å²) >= 11 is 2.08. The summed E-state index contributed by atoms with van der Waals surface area (Å²) in [6.45, 7) is 6.74. The molecule has 2 rings (SSSR count). The Balaban J connectivity index is 1.53. The maximum atomic E-state index is 5.45. The SMILES string of the molecule is C1COCC(NCCN2CCSCC2)C1. The van der Waals surface area contributed by atoms with Crippen LogP contribution in [0, 0.1) is 0 Å². The van der Waals surface area contributed by atoms with Crippen molar-refractivity contribution in [2.75, 3.05) is 50.9 Å². The van der Waals surface area contributed by atoms with E-state index in [0.29, 0.717) is 6.04 Å². The van der Waals surface area contributed by atoms with Gasteiger partial charge in [0.2, 0.25) is 0 Å². The maximum absolute atomic E-state index is 5.45. The van der Waals surface area contributed by atoms with E-state index in [1.54, 1.807) is 0 Å². The molecule has 0 amide bonds. The van der Waals surface area contributed by atoms with E-state index in [2.05, 4.69) is 22.0 Å². The second kappa shape index (κ2) is 6.74. The first-order chi connectivity index (χ1) is 7.45. The Labute approximate surface area is 96.9 Å². The zero-order valence-corrected chi connectivity index (χ0v) is 10.2. The monoisotopic (exact) mass is 230 g/mol. The van der Waals surface area contributed by atoms with E-state index in [9.17, 15) is 0 Å². The highest BCUT2D eigenvalue weighted by Crippen LogP contribution is 2.08. The van der Waals surface area contributed by atoms with Gasteiger partial charge in [-0.05, 0) is 12.8 Å². The zero-order valence-electron chi connectivity index (χ0n) is 9.41. The molecule has 0 aromatic carbocycles. The minimum atomic E-state index is 0.609. The molecule has 0 aromatic heterocycles. The molecule has 1 unspecified atom stereocenters. The fourth-order valence-electron chi connectivity index (χ4n) is 2.15. The van der Waals surface area contributed by atoms with Crippen molar-refractivity contribution in [2.24, 2.45) is 0 Å². The van der Waals surface area contributed by atoms with Gasteiger partial charge in [0, 0.05) is 50.3 Å². The third-order valence-electron chi connectivity index (χ3n) is 3.13. The van der Waals surface area contributed by atoms with E-state index >= 15 is 0 Å². The van der Waals surface area contributed by atoms with Gasteiger partial charge in [0.15, 0.2) is 0 Å². The van der Waals surface area contributed by atoms with Gasteiger partial charge >= 0.3 is 0 Å². The number of thioether (sulfide) groups is 1. The largest absolute Gasteiger partial charge is 0.380 e. The Bertz CT molecular complexity index is 150. The van der Waals surface area contributed by atoms with Crippen LogP contribution in [-0.2, 0) is 4.74 Å². The molecular formula is C11H22N2OS. The van der Waals surface area contributed by atoms with Crippen molar-refractivity contribution in [2.45, 2.75) is 18.9 Å². The molecule has 0 aromatic rings. The predicted molar refractivity (Wildman–Crippen MR) is 65.6 cm³/mol. The second-order valence-corrected chi connectivity index (χ2v) is 5.55. The molecule has 0 bridgehead atoms. The standard InChI is InChI=1S/C11H22N2OS/c1-2-11(10-14-7-1)12-3-4-13-5-8-15-9-6-13/h11-12H,1-10H2. The molecule has 0 aliphatic carbocycles. The molecule has 1 atom stereocenters. The zero-order chi connectivity index (χ0) is 10.3. The van der Waals surface area contributed by atoms with E-state index in [1.165, 1.54) is 44.0 Å². The van der Waals surface area contributed by atoms with Crippen molar-refractivity contribution in [1.82, 2.24) is 10.2 Å². The van der Waals surface area contributed by atoms with Crippen molar-refractivity contribution in [3.05, 3.63) is 0 Å². The predicted octanol–water partition coefficient (Wildman–Crippen LogP) is 0.804. The highest BCUT2D eigenvalue weighted by Gasteiger charge is 2.14. The molecule has 0 saturated carbocycles. The van der Waals surface area contributed by atoms with E-state index in [1.807, 2.05) is 0 Å². The van der Waals surface area contributed by atoms with Gasteiger partial charge < -0.3 is 15.0 Å². The molecule has 0 spiro atoms. The normalized spacial score (nSPS) is 29.2. The van der Waals surface area contributed by atoms with Crippen LogP contribution in [0.1, 0.15) is 12.8 Å². The Kier molecular flexibility index (Phi) is 5.26. The van der Waals surface area contributed by atoms with Gasteiger partial charge in [0.25, 0.3) is 0 Å². The van der Waals surface area contributed by atoms with E-state index < -0.39 is 0 Å². The second-order valence-electron chi connectivity index (χ2n) is 4.32. The summed E-state index contributed by atoms with van der Waals surface area (Å²) in [5.74, 6) is 2.62. The summed E-state index contributed by atoms with van der Waals surface area (Å²) in [4.78, 5) is 2.56. The molecule has 2 heterocycles. The molecule has 2 fully saturated rings. The molecule has 1 N–H and O–H groups in total. The highest BCUT2D eigenvalue weighted by atomic mass is 32.2. The van der Waals surface area contributed by atoms with Gasteiger partial charge in [-0.3, -0.25) is 0 Å². The quantitative estimate of drug-likeness (QED) is 0.772. The minimum Gasteiger partial charge on any atom is -0.380 e. The van der Waals surface area contributed by atoms with Crippen molar-refractivity contribution in [3.63, 3.8) is 0 Å². The molecule has 4 heteroatoms. The van der Waals surface area contributed by atoms with Crippen molar-refractivity contribution in [1.29, 1.82) is 0 Å². The summed E-state index contributed by atoms with van der Waals surface area (Å²) in [6.07, 6.45) is 2.51. The topological polar surface area (TPSA) is 24.5 Å². The number of nitrogens with zero attached hydrogens (tertiary/aromatic N) is 1. The summed E-state index contributed by atoms with van der Waals surface area (Å²) in [5, 5.41) is 3.60. The Morgan fingerprint density at radius 1 is 1.33 bits per heavy atom. The first-order valence-corrected chi connectivity index (χ1v) is 7.22. The lowest BCUT2D eigenvalue weighted by Crippen LogP contribution is -2.43. The van der Waals surface area contributed by atoms with Crippen LogP contribution >= 0.6 is 11.8 Å². The van der Waals surface area contributed by atoms with Crippen molar-refractivity contribution >= 4 is 11.8 Å². The Morgan fingerprint density at radius 2 is 2.20 bits per heavy atom. The fourth-order valence-corrected chi connectivity index (χ4v) is 3.13. The van der Waals surface area contributed by atoms with E-state index in [-0.39, 0.29) is 0 Å². The molecular weight excluding hydrogens is 208 g/mol. The van der Waals surface area contributed by atoms with Crippen molar-refractivity contribution < 1.29 is 4.74 Å². The summed E-state index contributed by atoms with van der Waals surface area (Å²) in [7, 11) is 0. The molecule has 2 saturated heterocycles. The van der Waals surface area contributed by atoms with Gasteiger partial charge in [0.05, 0.1) is 6.61 Å². The smallest absolute Gasteiger partial charge is 0.0619 e. The van der Waals surface area contributed by atoms with Gasteiger partial charge in [-0.1, -0.05) is 0 Å². The third-order valence-corrected chi connectivity index (χ3v) is 4.07. The molecule has 15 heavy (non-hydrogen) atoms. The molecule has 0 radical (unpaired) electrons. The van der Waals surface area contributed by atoms with Gasteiger partial charge in [-0.15, -0.1) is 0 Å². The first-order valence-electron chi connectivity index (χ1n) is 6.06. The molecule has 88 valence electrons. The summed E-state index contributed by atoms with van der Waals surface area (Å²) in [6, 6.07) is 0.609. The lowest BCUT2D eigenvalue weighted by molar-refractivity contribution is 0.0696. The number of ether oxygens (including phenoxy) is 1. The summed E-state index contributed by atoms with van der Waals surface area (Å²) < 4.78 is 5.45. The molecule has 2 aliphatic rings. The average Bonchev–Trinajstić information content (AvgIpc) is 2.32. The number of hydrogen-bond donors (Lipinski definition) is 1. The molecule has 3 nitrogen and oxygen atoms in total. The summed E-state index contributed by atoms with van der Waals surface area (Å²) in [5.41, 5.74) is 0. The number of hydrogen-bond acceptors (Lipinski definition) is 4. The van der Waals surface area contributed by atoms with Crippen molar-refractivity contribution in [3.8, 4) is 0 Å². The van der Waals surface area contributed by atoms with Crippen LogP contribution in [0.3, 0.4) is 0 Å². The van der Waals surface area contributed by atoms with Crippen LogP contribution < -0.4 is 5.32 Å².